The zero-order valence-electron chi connectivity index (χ0n) is 14.5. The van der Waals surface area contributed by atoms with Crippen LogP contribution < -0.4 is 5.32 Å². The minimum Gasteiger partial charge on any atom is -0.461 e. The minimum absolute atomic E-state index is 0.0351. The van der Waals surface area contributed by atoms with E-state index in [1.807, 2.05) is 44.2 Å². The fraction of sp³-hybridized carbons (Fsp3) is 0.200. The van der Waals surface area contributed by atoms with E-state index in [2.05, 4.69) is 5.32 Å². The molecule has 0 unspecified atom stereocenters. The van der Waals surface area contributed by atoms with Crippen LogP contribution in [0.4, 0.5) is 0 Å². The van der Waals surface area contributed by atoms with Gasteiger partial charge in [0.2, 0.25) is 0 Å². The van der Waals surface area contributed by atoms with Crippen LogP contribution in [0.15, 0.2) is 54.2 Å². The molecule has 1 amide bonds. The molecule has 0 aliphatic heterocycles. The fourth-order valence-electron chi connectivity index (χ4n) is 2.05. The molecule has 0 saturated heterocycles. The van der Waals surface area contributed by atoms with Gasteiger partial charge in [0.25, 0.3) is 5.91 Å². The van der Waals surface area contributed by atoms with Crippen molar-refractivity contribution in [3.05, 3.63) is 75.4 Å². The van der Waals surface area contributed by atoms with Gasteiger partial charge in [-0.05, 0) is 35.8 Å². The van der Waals surface area contributed by atoms with Crippen molar-refractivity contribution in [3.63, 3.8) is 0 Å². The Hall–Kier alpha value is -2.30. The van der Waals surface area contributed by atoms with Crippen LogP contribution in [-0.4, -0.2) is 18.5 Å². The molecule has 0 radical (unpaired) electrons. The van der Waals surface area contributed by atoms with Gasteiger partial charge < -0.3 is 10.1 Å². The molecule has 0 heterocycles. The number of nitrogens with one attached hydrogen (secondary N) is 1. The van der Waals surface area contributed by atoms with Crippen LogP contribution in [0.2, 0.25) is 10.0 Å². The standard InChI is InChI=1S/C20H19Cl2NO3/c1-13(2)12-26-20(25)18(10-14-6-4-3-5-7-14)23-19(24)16-9-8-15(21)11-17(16)22/h3-11,13H,12H2,1-2H3,(H,23,24)/b18-10-. The number of benzene rings is 2. The number of rotatable bonds is 6. The van der Waals surface area contributed by atoms with Gasteiger partial charge >= 0.3 is 5.97 Å². The predicted molar refractivity (Wildman–Crippen MR) is 104 cm³/mol. The lowest BCUT2D eigenvalue weighted by atomic mass is 10.1. The molecule has 0 spiro atoms. The molecule has 2 aromatic rings. The largest absolute Gasteiger partial charge is 0.461 e. The Bertz CT molecular complexity index is 817. The molecular weight excluding hydrogens is 373 g/mol. The first kappa shape index (κ1) is 20.0. The molecule has 0 saturated carbocycles. The highest BCUT2D eigenvalue weighted by Crippen LogP contribution is 2.21. The average Bonchev–Trinajstić information content (AvgIpc) is 2.59. The molecule has 26 heavy (non-hydrogen) atoms. The third kappa shape index (κ3) is 5.90. The highest BCUT2D eigenvalue weighted by Gasteiger charge is 2.18. The molecule has 136 valence electrons. The number of esters is 1. The normalized spacial score (nSPS) is 11.3. The van der Waals surface area contributed by atoms with Gasteiger partial charge in [0, 0.05) is 5.02 Å². The zero-order valence-corrected chi connectivity index (χ0v) is 16.0. The monoisotopic (exact) mass is 391 g/mol. The van der Waals surface area contributed by atoms with E-state index in [1.165, 1.54) is 12.1 Å². The van der Waals surface area contributed by atoms with Gasteiger partial charge in [0.15, 0.2) is 0 Å². The smallest absolute Gasteiger partial charge is 0.354 e. The van der Waals surface area contributed by atoms with Crippen molar-refractivity contribution >= 4 is 41.2 Å². The minimum atomic E-state index is -0.610. The zero-order chi connectivity index (χ0) is 19.1. The Morgan fingerprint density at radius 3 is 2.42 bits per heavy atom. The van der Waals surface area contributed by atoms with E-state index in [1.54, 1.807) is 12.1 Å². The summed E-state index contributed by atoms with van der Waals surface area (Å²) in [6.07, 6.45) is 1.56. The third-order valence-electron chi connectivity index (χ3n) is 3.30. The molecule has 2 rings (SSSR count). The first-order valence-electron chi connectivity index (χ1n) is 8.07. The lowest BCUT2D eigenvalue weighted by Gasteiger charge is -2.12. The van der Waals surface area contributed by atoms with E-state index < -0.39 is 11.9 Å². The maximum atomic E-state index is 12.5. The number of carbonyl (C=O) groups excluding carboxylic acids is 2. The van der Waals surface area contributed by atoms with Crippen LogP contribution in [0.25, 0.3) is 6.08 Å². The summed E-state index contributed by atoms with van der Waals surface area (Å²) < 4.78 is 5.25. The quantitative estimate of drug-likeness (QED) is 0.558. The number of hydrogen-bond acceptors (Lipinski definition) is 3. The van der Waals surface area contributed by atoms with Crippen LogP contribution in [0.1, 0.15) is 29.8 Å². The van der Waals surface area contributed by atoms with Crippen molar-refractivity contribution in [1.82, 2.24) is 5.32 Å². The first-order chi connectivity index (χ1) is 12.4. The Kier molecular flexibility index (Phi) is 7.25. The molecule has 0 atom stereocenters. The molecule has 6 heteroatoms. The summed E-state index contributed by atoms with van der Waals surface area (Å²) in [5, 5.41) is 3.20. The predicted octanol–water partition coefficient (Wildman–Crippen LogP) is 4.96. The first-order valence-corrected chi connectivity index (χ1v) is 8.82. The van der Waals surface area contributed by atoms with Crippen molar-refractivity contribution in [2.24, 2.45) is 5.92 Å². The van der Waals surface area contributed by atoms with Gasteiger partial charge in [0.1, 0.15) is 5.70 Å². The van der Waals surface area contributed by atoms with Gasteiger partial charge in [-0.25, -0.2) is 4.79 Å². The summed E-state index contributed by atoms with van der Waals surface area (Å²) in [7, 11) is 0. The second-order valence-electron chi connectivity index (χ2n) is 6.04. The summed E-state index contributed by atoms with van der Waals surface area (Å²) in [5.41, 5.74) is 1.01. The molecule has 4 nitrogen and oxygen atoms in total. The SMILES string of the molecule is CC(C)COC(=O)/C(=C/c1ccccc1)NC(=O)c1ccc(Cl)cc1Cl. The molecule has 0 aromatic heterocycles. The Morgan fingerprint density at radius 1 is 1.12 bits per heavy atom. The van der Waals surface area contributed by atoms with Crippen LogP contribution in [0.3, 0.4) is 0 Å². The number of carbonyl (C=O) groups is 2. The maximum absolute atomic E-state index is 12.5. The van der Waals surface area contributed by atoms with E-state index in [9.17, 15) is 9.59 Å². The van der Waals surface area contributed by atoms with Gasteiger partial charge in [-0.2, -0.15) is 0 Å². The van der Waals surface area contributed by atoms with Gasteiger partial charge in [-0.1, -0.05) is 67.4 Å². The molecule has 0 aliphatic carbocycles. The number of hydrogen-bond donors (Lipinski definition) is 1. The van der Waals surface area contributed by atoms with Crippen LogP contribution >= 0.6 is 23.2 Å². The van der Waals surface area contributed by atoms with Crippen LogP contribution in [0.5, 0.6) is 0 Å². The third-order valence-corrected chi connectivity index (χ3v) is 3.85. The Morgan fingerprint density at radius 2 is 1.81 bits per heavy atom. The lowest BCUT2D eigenvalue weighted by molar-refractivity contribution is -0.140. The van der Waals surface area contributed by atoms with Gasteiger partial charge in [-0.15, -0.1) is 0 Å². The summed E-state index contributed by atoms with van der Waals surface area (Å²) in [6, 6.07) is 13.7. The highest BCUT2D eigenvalue weighted by molar-refractivity contribution is 6.36. The van der Waals surface area contributed by atoms with Crippen molar-refractivity contribution in [1.29, 1.82) is 0 Å². The van der Waals surface area contributed by atoms with E-state index in [-0.39, 0.29) is 28.8 Å². The fourth-order valence-corrected chi connectivity index (χ4v) is 2.54. The van der Waals surface area contributed by atoms with Gasteiger partial charge in [0.05, 0.1) is 17.2 Å². The second kappa shape index (κ2) is 9.41. The Balaban J connectivity index is 2.27. The van der Waals surface area contributed by atoms with Crippen molar-refractivity contribution in [2.75, 3.05) is 6.61 Å². The highest BCUT2D eigenvalue weighted by atomic mass is 35.5. The molecule has 2 aromatic carbocycles. The Labute approximate surface area is 162 Å². The topological polar surface area (TPSA) is 55.4 Å². The van der Waals surface area contributed by atoms with Crippen LogP contribution in [0, 0.1) is 5.92 Å². The molecule has 0 bridgehead atoms. The summed E-state index contributed by atoms with van der Waals surface area (Å²) in [4.78, 5) is 24.9. The summed E-state index contributed by atoms with van der Waals surface area (Å²) >= 11 is 11.9. The van der Waals surface area contributed by atoms with E-state index in [0.29, 0.717) is 5.02 Å². The molecular formula is C20H19Cl2NO3. The maximum Gasteiger partial charge on any atom is 0.354 e. The molecule has 0 fully saturated rings. The number of ether oxygens (including phenoxy) is 1. The summed E-state index contributed by atoms with van der Waals surface area (Å²) in [5.74, 6) is -0.949. The van der Waals surface area contributed by atoms with Gasteiger partial charge in [-0.3, -0.25) is 4.79 Å². The van der Waals surface area contributed by atoms with E-state index >= 15 is 0 Å². The van der Waals surface area contributed by atoms with Crippen molar-refractivity contribution in [3.8, 4) is 0 Å². The van der Waals surface area contributed by atoms with E-state index in [4.69, 9.17) is 27.9 Å². The van der Waals surface area contributed by atoms with E-state index in [0.717, 1.165) is 5.56 Å². The summed E-state index contributed by atoms with van der Waals surface area (Å²) in [6.45, 7) is 4.11. The average molecular weight is 392 g/mol. The number of halogens is 2. The second-order valence-corrected chi connectivity index (χ2v) is 6.88. The van der Waals surface area contributed by atoms with Crippen LogP contribution in [-0.2, 0) is 9.53 Å². The molecule has 0 aliphatic rings. The van der Waals surface area contributed by atoms with Crippen molar-refractivity contribution < 1.29 is 14.3 Å². The lowest BCUT2D eigenvalue weighted by Crippen LogP contribution is -2.29. The molecule has 1 N–H and O–H groups in total. The van der Waals surface area contributed by atoms with Crippen molar-refractivity contribution in [2.45, 2.75) is 13.8 Å². The number of amides is 1.